The van der Waals surface area contributed by atoms with Crippen molar-refractivity contribution in [3.63, 3.8) is 0 Å². The minimum atomic E-state index is -3.04. The van der Waals surface area contributed by atoms with Crippen LogP contribution in [0.5, 0.6) is 11.5 Å². The molecule has 10 heteroatoms. The normalized spacial score (nSPS) is 16.3. The Hall–Kier alpha value is -3.20. The van der Waals surface area contributed by atoms with E-state index >= 15 is 0 Å². The lowest BCUT2D eigenvalue weighted by Gasteiger charge is -2.31. The fourth-order valence-electron chi connectivity index (χ4n) is 3.38. The van der Waals surface area contributed by atoms with Gasteiger partial charge in [-0.25, -0.2) is 4.98 Å². The molecule has 1 aliphatic heterocycles. The van der Waals surface area contributed by atoms with Gasteiger partial charge in [-0.1, -0.05) is 23.7 Å². The number of aromatic nitrogens is 1. The number of carbonyl (C=O) groups excluding carboxylic acids is 2. The maximum absolute atomic E-state index is 12.8. The third-order valence-corrected chi connectivity index (χ3v) is 5.15. The minimum absolute atomic E-state index is 0.130. The quantitative estimate of drug-likeness (QED) is 0.619. The van der Waals surface area contributed by atoms with E-state index in [4.69, 9.17) is 16.3 Å². The molecule has 0 saturated carbocycles. The van der Waals surface area contributed by atoms with Gasteiger partial charge < -0.3 is 19.7 Å². The van der Waals surface area contributed by atoms with Crippen molar-refractivity contribution in [3.05, 3.63) is 53.2 Å². The molecule has 1 atom stereocenters. The van der Waals surface area contributed by atoms with Gasteiger partial charge in [0.25, 0.3) is 0 Å². The number of methoxy groups -OCH3 is 1. The average Bonchev–Trinajstić information content (AvgIpc) is 2.79. The fraction of sp³-hybridized carbons (Fsp3) is 0.318. The highest BCUT2D eigenvalue weighted by Crippen LogP contribution is 2.33. The summed E-state index contributed by atoms with van der Waals surface area (Å²) in [7, 11) is 1.34. The first-order chi connectivity index (χ1) is 15.4. The van der Waals surface area contributed by atoms with Gasteiger partial charge in [0.2, 0.25) is 11.8 Å². The number of piperidine rings is 1. The van der Waals surface area contributed by atoms with E-state index in [9.17, 15) is 18.4 Å². The van der Waals surface area contributed by atoms with Gasteiger partial charge in [0.1, 0.15) is 5.82 Å². The molecule has 0 radical (unpaired) electrons. The van der Waals surface area contributed by atoms with Crippen molar-refractivity contribution in [2.24, 2.45) is 5.92 Å². The van der Waals surface area contributed by atoms with Gasteiger partial charge in [0.15, 0.2) is 11.5 Å². The molecule has 1 unspecified atom stereocenters. The molecule has 1 N–H and O–H groups in total. The number of likely N-dealkylation sites (tertiary alicyclic amines) is 1. The Morgan fingerprint density at radius 2 is 2.12 bits per heavy atom. The van der Waals surface area contributed by atoms with Crippen LogP contribution in [0.2, 0.25) is 5.02 Å². The van der Waals surface area contributed by atoms with E-state index in [0.717, 1.165) is 0 Å². The number of anilines is 1. The first-order valence-corrected chi connectivity index (χ1v) is 10.3. The number of amides is 2. The Kier molecular flexibility index (Phi) is 7.99. The third kappa shape index (κ3) is 6.16. The molecule has 3 rings (SSSR count). The van der Waals surface area contributed by atoms with Crippen LogP contribution in [0.25, 0.3) is 6.08 Å². The summed E-state index contributed by atoms with van der Waals surface area (Å²) >= 11 is 5.80. The molecule has 1 saturated heterocycles. The number of nitrogens with one attached hydrogen (secondary N) is 1. The highest BCUT2D eigenvalue weighted by molar-refractivity contribution is 6.30. The van der Waals surface area contributed by atoms with E-state index in [1.807, 2.05) is 0 Å². The molecule has 1 aromatic heterocycles. The number of hydrogen-bond donors (Lipinski definition) is 1. The van der Waals surface area contributed by atoms with Crippen LogP contribution in [0.4, 0.5) is 14.6 Å². The molecule has 0 spiro atoms. The number of halogens is 3. The summed E-state index contributed by atoms with van der Waals surface area (Å²) in [6.45, 7) is -2.31. The van der Waals surface area contributed by atoms with Gasteiger partial charge >= 0.3 is 6.61 Å². The number of hydrogen-bond acceptors (Lipinski definition) is 5. The predicted octanol–water partition coefficient (Wildman–Crippen LogP) is 4.24. The maximum atomic E-state index is 12.8. The molecular weight excluding hydrogens is 444 g/mol. The monoisotopic (exact) mass is 465 g/mol. The number of benzene rings is 1. The van der Waals surface area contributed by atoms with E-state index in [-0.39, 0.29) is 35.4 Å². The molecule has 1 aromatic carbocycles. The molecule has 32 heavy (non-hydrogen) atoms. The van der Waals surface area contributed by atoms with Crippen LogP contribution in [-0.4, -0.2) is 48.5 Å². The second kappa shape index (κ2) is 10.9. The van der Waals surface area contributed by atoms with E-state index < -0.39 is 12.5 Å². The number of ether oxygens (including phenoxy) is 2. The van der Waals surface area contributed by atoms with E-state index in [1.54, 1.807) is 23.1 Å². The van der Waals surface area contributed by atoms with Crippen LogP contribution in [-0.2, 0) is 9.59 Å². The summed E-state index contributed by atoms with van der Waals surface area (Å²) in [4.78, 5) is 30.9. The number of carbonyl (C=O) groups is 2. The average molecular weight is 466 g/mol. The van der Waals surface area contributed by atoms with Gasteiger partial charge in [-0.2, -0.15) is 8.78 Å². The third-order valence-electron chi connectivity index (χ3n) is 4.92. The van der Waals surface area contributed by atoms with Crippen molar-refractivity contribution in [2.45, 2.75) is 19.5 Å². The fourth-order valence-corrected chi connectivity index (χ4v) is 3.49. The summed E-state index contributed by atoms with van der Waals surface area (Å²) in [5, 5.41) is 3.19. The van der Waals surface area contributed by atoms with Crippen LogP contribution in [0.1, 0.15) is 18.4 Å². The highest BCUT2D eigenvalue weighted by atomic mass is 35.5. The highest BCUT2D eigenvalue weighted by Gasteiger charge is 2.28. The molecule has 0 aliphatic carbocycles. The zero-order chi connectivity index (χ0) is 23.1. The SMILES string of the molecule is COc1cccc(C=CC(=O)N2CCCC(C(=O)Nc3ccc(Cl)cn3)C2)c1OC(F)F. The maximum Gasteiger partial charge on any atom is 0.387 e. The Morgan fingerprint density at radius 1 is 1.31 bits per heavy atom. The van der Waals surface area contributed by atoms with Crippen molar-refractivity contribution >= 4 is 35.3 Å². The number of pyridine rings is 1. The zero-order valence-corrected chi connectivity index (χ0v) is 18.0. The molecule has 1 fully saturated rings. The van der Waals surface area contributed by atoms with Gasteiger partial charge in [-0.15, -0.1) is 0 Å². The zero-order valence-electron chi connectivity index (χ0n) is 17.3. The van der Waals surface area contributed by atoms with Gasteiger partial charge in [0.05, 0.1) is 18.1 Å². The Morgan fingerprint density at radius 3 is 2.81 bits per heavy atom. The summed E-state index contributed by atoms with van der Waals surface area (Å²) < 4.78 is 35.2. The van der Waals surface area contributed by atoms with Gasteiger partial charge in [-0.3, -0.25) is 9.59 Å². The summed E-state index contributed by atoms with van der Waals surface area (Å²) in [5.74, 6) is -0.606. The standard InChI is InChI=1S/C22H22ClF2N3O4/c1-31-17-6-2-4-14(20(17)32-22(24)25)7-10-19(29)28-11-3-5-15(13-28)21(30)27-18-9-8-16(23)12-26-18/h2,4,6-10,12,15,22H,3,5,11,13H2,1H3,(H,26,27,30). The van der Waals surface area contributed by atoms with Gasteiger partial charge in [-0.05, 0) is 37.1 Å². The number of nitrogens with zero attached hydrogens (tertiary/aromatic N) is 2. The van der Waals surface area contributed by atoms with Crippen LogP contribution >= 0.6 is 11.6 Å². The first kappa shape index (κ1) is 23.5. The van der Waals surface area contributed by atoms with Crippen LogP contribution in [0, 0.1) is 5.92 Å². The molecule has 2 heterocycles. The second-order valence-electron chi connectivity index (χ2n) is 7.06. The lowest BCUT2D eigenvalue weighted by atomic mass is 9.97. The first-order valence-electron chi connectivity index (χ1n) is 9.88. The topological polar surface area (TPSA) is 80.8 Å². The number of rotatable bonds is 7. The molecule has 7 nitrogen and oxygen atoms in total. The Balaban J connectivity index is 1.66. The lowest BCUT2D eigenvalue weighted by molar-refractivity contribution is -0.130. The Labute approximate surface area is 189 Å². The number of para-hydroxylation sites is 1. The van der Waals surface area contributed by atoms with E-state index in [2.05, 4.69) is 15.0 Å². The smallest absolute Gasteiger partial charge is 0.387 e. The summed E-state index contributed by atoms with van der Waals surface area (Å²) in [6.07, 6.45) is 5.39. The second-order valence-corrected chi connectivity index (χ2v) is 7.50. The van der Waals surface area contributed by atoms with Crippen LogP contribution in [0.15, 0.2) is 42.6 Å². The number of alkyl halides is 2. The summed E-state index contributed by atoms with van der Waals surface area (Å²) in [6, 6.07) is 7.85. The molecule has 2 aromatic rings. The van der Waals surface area contributed by atoms with Crippen molar-refractivity contribution in [2.75, 3.05) is 25.5 Å². The molecule has 0 bridgehead atoms. The van der Waals surface area contributed by atoms with Crippen molar-refractivity contribution in [3.8, 4) is 11.5 Å². The van der Waals surface area contributed by atoms with Gasteiger partial charge in [0, 0.05) is 30.9 Å². The molecule has 2 amide bonds. The largest absolute Gasteiger partial charge is 0.493 e. The molecule has 170 valence electrons. The van der Waals surface area contributed by atoms with Crippen LogP contribution < -0.4 is 14.8 Å². The van der Waals surface area contributed by atoms with Crippen molar-refractivity contribution in [1.82, 2.24) is 9.88 Å². The lowest BCUT2D eigenvalue weighted by Crippen LogP contribution is -2.43. The van der Waals surface area contributed by atoms with E-state index in [1.165, 1.54) is 37.6 Å². The molecule has 1 aliphatic rings. The van der Waals surface area contributed by atoms with Crippen LogP contribution in [0.3, 0.4) is 0 Å². The van der Waals surface area contributed by atoms with Crippen molar-refractivity contribution < 1.29 is 27.8 Å². The predicted molar refractivity (Wildman–Crippen MR) is 116 cm³/mol. The minimum Gasteiger partial charge on any atom is -0.493 e. The molecular formula is C22H22ClF2N3O4. The summed E-state index contributed by atoms with van der Waals surface area (Å²) in [5.41, 5.74) is 0.276. The van der Waals surface area contributed by atoms with E-state index in [0.29, 0.717) is 30.2 Å². The van der Waals surface area contributed by atoms with Crippen molar-refractivity contribution in [1.29, 1.82) is 0 Å². The Bertz CT molecular complexity index is 986.